The number of ketones is 1. The van der Waals surface area contributed by atoms with E-state index in [9.17, 15) is 9.18 Å². The molecule has 1 saturated heterocycles. The Morgan fingerprint density at radius 3 is 2.86 bits per heavy atom. The molecule has 1 fully saturated rings. The molecule has 6 nitrogen and oxygen atoms in total. The quantitative estimate of drug-likeness (QED) is 0.681. The number of aromatic nitrogens is 1. The molecule has 0 aliphatic carbocycles. The average Bonchev–Trinajstić information content (AvgIpc) is 2.69. The monoisotopic (exact) mass is 428 g/mol. The molecule has 2 aromatic rings. The van der Waals surface area contributed by atoms with Crippen LogP contribution in [0.1, 0.15) is 29.8 Å². The molecular weight excluding hydrogens is 410 g/mol. The van der Waals surface area contributed by atoms with E-state index in [4.69, 9.17) is 43.1 Å². The molecule has 3 rings (SSSR count). The van der Waals surface area contributed by atoms with Gasteiger partial charge in [0.1, 0.15) is 12.3 Å². The molecule has 150 valence electrons. The van der Waals surface area contributed by atoms with Gasteiger partial charge in [0.25, 0.3) is 0 Å². The summed E-state index contributed by atoms with van der Waals surface area (Å²) in [4.78, 5) is 16.8. The fourth-order valence-corrected chi connectivity index (χ4v) is 3.29. The predicted octanol–water partition coefficient (Wildman–Crippen LogP) is 4.51. The van der Waals surface area contributed by atoms with Crippen molar-refractivity contribution < 1.29 is 23.4 Å². The number of halogens is 3. The standard InChI is InChI=1S/C19H19Cl2FN2O4/c1-26-19-11(20)6-5-10(17(19)22)13-8-12(23)16(21)18(24-13)14(25)9-28-15-4-2-3-7-27-15/h5-6,8,15H,2-4,7,9H2,1H3,(H2,23,24). The third-order valence-electron chi connectivity index (χ3n) is 4.32. The molecule has 1 unspecified atom stereocenters. The van der Waals surface area contributed by atoms with Gasteiger partial charge in [-0.3, -0.25) is 4.79 Å². The maximum atomic E-state index is 14.7. The second-order valence-electron chi connectivity index (χ2n) is 6.23. The first kappa shape index (κ1) is 20.8. The number of anilines is 1. The van der Waals surface area contributed by atoms with Gasteiger partial charge in [-0.15, -0.1) is 0 Å². The summed E-state index contributed by atoms with van der Waals surface area (Å²) < 4.78 is 30.6. The lowest BCUT2D eigenvalue weighted by molar-refractivity contribution is -0.155. The van der Waals surface area contributed by atoms with Crippen LogP contribution in [0.25, 0.3) is 11.3 Å². The largest absolute Gasteiger partial charge is 0.492 e. The van der Waals surface area contributed by atoms with E-state index >= 15 is 0 Å². The van der Waals surface area contributed by atoms with Gasteiger partial charge in [0.05, 0.1) is 28.5 Å². The van der Waals surface area contributed by atoms with Crippen LogP contribution in [-0.2, 0) is 9.47 Å². The van der Waals surface area contributed by atoms with Crippen molar-refractivity contribution in [1.82, 2.24) is 4.98 Å². The molecule has 28 heavy (non-hydrogen) atoms. The van der Waals surface area contributed by atoms with Gasteiger partial charge in [-0.2, -0.15) is 0 Å². The zero-order valence-electron chi connectivity index (χ0n) is 15.1. The van der Waals surface area contributed by atoms with Crippen LogP contribution in [-0.4, -0.2) is 37.4 Å². The molecule has 1 aromatic carbocycles. The predicted molar refractivity (Wildman–Crippen MR) is 104 cm³/mol. The number of pyridine rings is 1. The topological polar surface area (TPSA) is 83.7 Å². The lowest BCUT2D eigenvalue weighted by Crippen LogP contribution is -2.25. The van der Waals surface area contributed by atoms with E-state index in [1.54, 1.807) is 0 Å². The fraction of sp³-hybridized carbons (Fsp3) is 0.368. The number of carbonyl (C=O) groups is 1. The first-order valence-corrected chi connectivity index (χ1v) is 9.42. The molecule has 1 aliphatic rings. The van der Waals surface area contributed by atoms with E-state index in [-0.39, 0.29) is 45.0 Å². The zero-order valence-corrected chi connectivity index (χ0v) is 16.6. The highest BCUT2D eigenvalue weighted by molar-refractivity contribution is 6.36. The Kier molecular flexibility index (Phi) is 6.72. The normalized spacial score (nSPS) is 16.8. The summed E-state index contributed by atoms with van der Waals surface area (Å²) in [6.45, 7) is 0.324. The van der Waals surface area contributed by atoms with Crippen molar-refractivity contribution in [2.45, 2.75) is 25.6 Å². The molecule has 0 bridgehead atoms. The number of benzene rings is 1. The van der Waals surface area contributed by atoms with Gasteiger partial charge in [-0.25, -0.2) is 9.37 Å². The fourth-order valence-electron chi connectivity index (χ4n) is 2.87. The molecular formula is C19H19Cl2FN2O4. The molecule has 1 aromatic heterocycles. The molecule has 0 radical (unpaired) electrons. The summed E-state index contributed by atoms with van der Waals surface area (Å²) in [5, 5.41) is 0.103. The third kappa shape index (κ3) is 4.38. The Labute approximate surface area is 171 Å². The Hall–Kier alpha value is -1.93. The summed E-state index contributed by atoms with van der Waals surface area (Å²) in [5.41, 5.74) is 6.12. The number of hydrogen-bond acceptors (Lipinski definition) is 6. The molecule has 0 amide bonds. The number of Topliss-reactive ketones (excluding diaryl/α,β-unsaturated/α-hetero) is 1. The second kappa shape index (κ2) is 9.05. The molecule has 1 atom stereocenters. The third-order valence-corrected chi connectivity index (χ3v) is 5.01. The minimum absolute atomic E-state index is 0.0109. The summed E-state index contributed by atoms with van der Waals surface area (Å²) in [5.74, 6) is -1.32. The minimum atomic E-state index is -0.713. The molecule has 2 heterocycles. The van der Waals surface area contributed by atoms with Gasteiger partial charge in [-0.1, -0.05) is 23.2 Å². The Morgan fingerprint density at radius 1 is 1.39 bits per heavy atom. The van der Waals surface area contributed by atoms with Gasteiger partial charge < -0.3 is 19.9 Å². The highest BCUT2D eigenvalue weighted by Gasteiger charge is 2.22. The van der Waals surface area contributed by atoms with Crippen molar-refractivity contribution in [3.63, 3.8) is 0 Å². The second-order valence-corrected chi connectivity index (χ2v) is 7.02. The summed E-state index contributed by atoms with van der Waals surface area (Å²) in [7, 11) is 1.30. The number of rotatable bonds is 6. The smallest absolute Gasteiger partial charge is 0.208 e. The van der Waals surface area contributed by atoms with Crippen LogP contribution in [0, 0.1) is 5.82 Å². The van der Waals surface area contributed by atoms with Gasteiger partial charge in [-0.05, 0) is 37.5 Å². The molecule has 2 N–H and O–H groups in total. The maximum Gasteiger partial charge on any atom is 0.208 e. The number of nitrogen functional groups attached to an aromatic ring is 1. The highest BCUT2D eigenvalue weighted by Crippen LogP contribution is 2.36. The molecule has 9 heteroatoms. The van der Waals surface area contributed by atoms with Crippen molar-refractivity contribution in [3.05, 3.63) is 39.8 Å². The molecule has 0 spiro atoms. The number of nitrogens with zero attached hydrogens (tertiary/aromatic N) is 1. The van der Waals surface area contributed by atoms with Crippen LogP contribution < -0.4 is 10.5 Å². The zero-order chi connectivity index (χ0) is 20.3. The van der Waals surface area contributed by atoms with Crippen molar-refractivity contribution in [3.8, 4) is 17.0 Å². The van der Waals surface area contributed by atoms with Crippen LogP contribution in [0.3, 0.4) is 0 Å². The van der Waals surface area contributed by atoms with E-state index in [1.165, 1.54) is 25.3 Å². The minimum Gasteiger partial charge on any atom is -0.492 e. The Balaban J connectivity index is 1.89. The van der Waals surface area contributed by atoms with E-state index in [2.05, 4.69) is 4.98 Å². The van der Waals surface area contributed by atoms with Crippen LogP contribution in [0.2, 0.25) is 10.0 Å². The lowest BCUT2D eigenvalue weighted by atomic mass is 10.1. The van der Waals surface area contributed by atoms with Gasteiger partial charge in [0.15, 0.2) is 17.9 Å². The van der Waals surface area contributed by atoms with Crippen LogP contribution >= 0.6 is 23.2 Å². The summed E-state index contributed by atoms with van der Waals surface area (Å²) >= 11 is 12.1. The SMILES string of the molecule is COc1c(Cl)ccc(-c2cc(N)c(Cl)c(C(=O)COC3CCCCO3)n2)c1F. The van der Waals surface area contributed by atoms with Crippen LogP contribution in [0.15, 0.2) is 18.2 Å². The molecule has 0 saturated carbocycles. The first-order chi connectivity index (χ1) is 13.4. The van der Waals surface area contributed by atoms with Gasteiger partial charge in [0, 0.05) is 12.2 Å². The number of hydrogen-bond donors (Lipinski definition) is 1. The Morgan fingerprint density at radius 2 is 2.18 bits per heavy atom. The van der Waals surface area contributed by atoms with E-state index < -0.39 is 17.9 Å². The maximum absolute atomic E-state index is 14.7. The number of nitrogens with two attached hydrogens (primary N) is 1. The van der Waals surface area contributed by atoms with Crippen molar-refractivity contribution in [2.24, 2.45) is 0 Å². The number of ether oxygens (including phenoxy) is 3. The number of methoxy groups -OCH3 is 1. The van der Waals surface area contributed by atoms with E-state index in [1.807, 2.05) is 0 Å². The summed E-state index contributed by atoms with van der Waals surface area (Å²) in [6.07, 6.45) is 2.22. The van der Waals surface area contributed by atoms with Crippen LogP contribution in [0.5, 0.6) is 5.75 Å². The number of carbonyl (C=O) groups excluding carboxylic acids is 1. The van der Waals surface area contributed by atoms with Crippen molar-refractivity contribution in [2.75, 3.05) is 26.1 Å². The summed E-state index contributed by atoms with van der Waals surface area (Å²) in [6, 6.07) is 4.28. The highest BCUT2D eigenvalue weighted by atomic mass is 35.5. The van der Waals surface area contributed by atoms with Crippen molar-refractivity contribution >= 4 is 34.7 Å². The van der Waals surface area contributed by atoms with Gasteiger partial charge >= 0.3 is 0 Å². The van der Waals surface area contributed by atoms with Crippen LogP contribution in [0.4, 0.5) is 10.1 Å². The first-order valence-electron chi connectivity index (χ1n) is 8.67. The Bertz CT molecular complexity index is 889. The average molecular weight is 429 g/mol. The van der Waals surface area contributed by atoms with E-state index in [0.717, 1.165) is 12.8 Å². The van der Waals surface area contributed by atoms with Crippen molar-refractivity contribution in [1.29, 1.82) is 0 Å². The van der Waals surface area contributed by atoms with Gasteiger partial charge in [0.2, 0.25) is 5.78 Å². The lowest BCUT2D eigenvalue weighted by Gasteiger charge is -2.22. The molecule has 1 aliphatic heterocycles. The van der Waals surface area contributed by atoms with E-state index in [0.29, 0.717) is 13.0 Å².